The standard InChI is InChI=1S/C18H16N6O6S4/c1-6-22-23-18(34-6)33-4-7-3-31-15-11(14(28)24(15)12(7)16(29)30)21-13(27)8(2-10(25)26)9-5-32-17(19)20-9/h2,5,11,15H,3-4H2,1H3,(H2,19,20)(H,21,27)(H,25,26)(H,29,30)/t11?,15-/m0/s1. The number of aliphatic carboxylic acids is 2. The minimum atomic E-state index is -1.37. The van der Waals surface area contributed by atoms with Gasteiger partial charge in [0.2, 0.25) is 0 Å². The van der Waals surface area contributed by atoms with E-state index in [1.807, 2.05) is 6.92 Å². The Bertz CT molecular complexity index is 1250. The van der Waals surface area contributed by atoms with Crippen LogP contribution in [0.4, 0.5) is 5.13 Å². The van der Waals surface area contributed by atoms with Crippen LogP contribution >= 0.6 is 46.2 Å². The van der Waals surface area contributed by atoms with E-state index < -0.39 is 35.2 Å². The van der Waals surface area contributed by atoms with Crippen LogP contribution in [0.1, 0.15) is 10.7 Å². The van der Waals surface area contributed by atoms with Gasteiger partial charge < -0.3 is 21.3 Å². The van der Waals surface area contributed by atoms with E-state index in [9.17, 15) is 24.3 Å². The Hall–Kier alpha value is -2.95. The molecule has 4 rings (SSSR count). The fourth-order valence-electron chi connectivity index (χ4n) is 3.29. The number of nitrogen functional groups attached to an aromatic ring is 1. The van der Waals surface area contributed by atoms with Crippen molar-refractivity contribution in [2.45, 2.75) is 22.7 Å². The van der Waals surface area contributed by atoms with Crippen LogP contribution in [0.25, 0.3) is 5.57 Å². The molecule has 2 aliphatic heterocycles. The molecule has 178 valence electrons. The van der Waals surface area contributed by atoms with E-state index >= 15 is 0 Å². The zero-order valence-electron chi connectivity index (χ0n) is 17.3. The minimum Gasteiger partial charge on any atom is -0.478 e. The molecular weight excluding hydrogens is 525 g/mol. The van der Waals surface area contributed by atoms with Gasteiger partial charge in [-0.15, -0.1) is 33.3 Å². The maximum atomic E-state index is 12.9. The highest BCUT2D eigenvalue weighted by molar-refractivity contribution is 8.01. The van der Waals surface area contributed by atoms with E-state index in [-0.39, 0.29) is 22.1 Å². The Morgan fingerprint density at radius 1 is 1.35 bits per heavy atom. The molecular formula is C18H16N6O6S4. The summed E-state index contributed by atoms with van der Waals surface area (Å²) in [4.78, 5) is 54.0. The number of amides is 2. The lowest BCUT2D eigenvalue weighted by Crippen LogP contribution is -2.70. The molecule has 12 nitrogen and oxygen atoms in total. The van der Waals surface area contributed by atoms with Crippen LogP contribution in [0.3, 0.4) is 0 Å². The molecule has 1 fully saturated rings. The van der Waals surface area contributed by atoms with Gasteiger partial charge in [-0.3, -0.25) is 14.5 Å². The molecule has 1 unspecified atom stereocenters. The van der Waals surface area contributed by atoms with Crippen molar-refractivity contribution in [1.29, 1.82) is 0 Å². The largest absolute Gasteiger partial charge is 0.478 e. The summed E-state index contributed by atoms with van der Waals surface area (Å²) in [7, 11) is 0. The van der Waals surface area contributed by atoms with Crippen molar-refractivity contribution >= 4 is 80.7 Å². The maximum Gasteiger partial charge on any atom is 0.352 e. The van der Waals surface area contributed by atoms with E-state index in [0.29, 0.717) is 27.5 Å². The third-order valence-electron chi connectivity index (χ3n) is 4.72. The Labute approximate surface area is 208 Å². The summed E-state index contributed by atoms with van der Waals surface area (Å²) in [5, 5.41) is 31.1. The van der Waals surface area contributed by atoms with E-state index in [1.165, 1.54) is 40.2 Å². The number of thiazole rings is 1. The Morgan fingerprint density at radius 2 is 2.12 bits per heavy atom. The Kier molecular flexibility index (Phi) is 6.92. The first-order valence-electron chi connectivity index (χ1n) is 9.45. The number of aryl methyl sites for hydroxylation is 1. The van der Waals surface area contributed by atoms with Crippen LogP contribution in [0.5, 0.6) is 0 Å². The van der Waals surface area contributed by atoms with E-state index in [1.54, 1.807) is 0 Å². The fourth-order valence-corrected chi connectivity index (χ4v) is 7.15. The minimum absolute atomic E-state index is 0.0691. The summed E-state index contributed by atoms with van der Waals surface area (Å²) in [6.07, 6.45) is 0.686. The van der Waals surface area contributed by atoms with Gasteiger partial charge in [-0.1, -0.05) is 23.1 Å². The number of nitrogens with zero attached hydrogens (tertiary/aromatic N) is 4. The second-order valence-electron chi connectivity index (χ2n) is 6.96. The quantitative estimate of drug-likeness (QED) is 0.210. The number of carbonyl (C=O) groups is 4. The van der Waals surface area contributed by atoms with Gasteiger partial charge in [0, 0.05) is 23.0 Å². The predicted octanol–water partition coefficient (Wildman–Crippen LogP) is 0.884. The topological polar surface area (TPSA) is 189 Å². The number of carbonyl (C=O) groups excluding carboxylic acids is 2. The third kappa shape index (κ3) is 4.79. The van der Waals surface area contributed by atoms with Crippen molar-refractivity contribution in [3.63, 3.8) is 0 Å². The van der Waals surface area contributed by atoms with Crippen LogP contribution in [-0.4, -0.2) is 77.0 Å². The summed E-state index contributed by atoms with van der Waals surface area (Å²) in [5.74, 6) is -3.35. The normalized spacial score (nSPS) is 20.1. The molecule has 2 amide bonds. The van der Waals surface area contributed by atoms with Crippen LogP contribution < -0.4 is 11.1 Å². The number of aromatic nitrogens is 3. The number of hydrogen-bond donors (Lipinski definition) is 4. The summed E-state index contributed by atoms with van der Waals surface area (Å²) in [6, 6.07) is -1.01. The average Bonchev–Trinajstić information content (AvgIpc) is 3.40. The smallest absolute Gasteiger partial charge is 0.352 e. The number of rotatable bonds is 8. The number of β-lactam (4-membered cyclic amide) rings is 1. The number of hydrogen-bond acceptors (Lipinski definition) is 12. The summed E-state index contributed by atoms with van der Waals surface area (Å²) in [5.41, 5.74) is 5.85. The molecule has 2 aromatic heterocycles. The van der Waals surface area contributed by atoms with Crippen LogP contribution in [0, 0.1) is 6.92 Å². The van der Waals surface area contributed by atoms with E-state index in [0.717, 1.165) is 21.2 Å². The van der Waals surface area contributed by atoms with Gasteiger partial charge in [-0.2, -0.15) is 0 Å². The van der Waals surface area contributed by atoms with Crippen LogP contribution in [0.15, 0.2) is 27.1 Å². The number of nitrogens with two attached hydrogens (primary N) is 1. The fraction of sp³-hybridized carbons (Fsp3) is 0.278. The van der Waals surface area contributed by atoms with Crippen molar-refractivity contribution in [2.24, 2.45) is 0 Å². The van der Waals surface area contributed by atoms with Gasteiger partial charge in [0.25, 0.3) is 11.8 Å². The first-order chi connectivity index (χ1) is 16.2. The van der Waals surface area contributed by atoms with Gasteiger partial charge in [-0.05, 0) is 12.5 Å². The molecule has 4 heterocycles. The molecule has 16 heteroatoms. The maximum absolute atomic E-state index is 12.9. The number of carboxylic acids is 2. The molecule has 1 saturated heterocycles. The Balaban J connectivity index is 1.50. The molecule has 0 aromatic carbocycles. The van der Waals surface area contributed by atoms with E-state index in [4.69, 9.17) is 10.8 Å². The first kappa shape index (κ1) is 24.2. The van der Waals surface area contributed by atoms with Gasteiger partial charge in [0.05, 0.1) is 11.3 Å². The number of anilines is 1. The molecule has 0 saturated carbocycles. The number of thioether (sulfide) groups is 2. The lowest BCUT2D eigenvalue weighted by Gasteiger charge is -2.49. The third-order valence-corrected chi connectivity index (χ3v) is 8.80. The zero-order chi connectivity index (χ0) is 24.6. The number of carboxylic acid groups (broad SMARTS) is 2. The molecule has 34 heavy (non-hydrogen) atoms. The summed E-state index contributed by atoms with van der Waals surface area (Å²) in [6.45, 7) is 1.82. The molecule has 5 N–H and O–H groups in total. The van der Waals surface area contributed by atoms with Crippen molar-refractivity contribution in [3.05, 3.63) is 33.4 Å². The van der Waals surface area contributed by atoms with Crippen LogP contribution in [0.2, 0.25) is 0 Å². The molecule has 2 aliphatic rings. The molecule has 0 aliphatic carbocycles. The van der Waals surface area contributed by atoms with Gasteiger partial charge >= 0.3 is 11.9 Å². The molecule has 2 atom stereocenters. The molecule has 0 bridgehead atoms. The predicted molar refractivity (Wildman–Crippen MR) is 127 cm³/mol. The van der Waals surface area contributed by atoms with Gasteiger partial charge in [0.15, 0.2) is 9.47 Å². The highest BCUT2D eigenvalue weighted by Gasteiger charge is 2.54. The molecule has 0 radical (unpaired) electrons. The van der Waals surface area contributed by atoms with Gasteiger partial charge in [-0.25, -0.2) is 14.6 Å². The average molecular weight is 541 g/mol. The first-order valence-corrected chi connectivity index (χ1v) is 13.2. The van der Waals surface area contributed by atoms with Gasteiger partial charge in [0.1, 0.15) is 22.1 Å². The second-order valence-corrected chi connectivity index (χ2v) is 11.4. The number of nitrogens with one attached hydrogen (secondary N) is 1. The highest BCUT2D eigenvalue weighted by Crippen LogP contribution is 2.42. The zero-order valence-corrected chi connectivity index (χ0v) is 20.5. The summed E-state index contributed by atoms with van der Waals surface area (Å²) >= 11 is 5.08. The lowest BCUT2D eigenvalue weighted by atomic mass is 10.0. The SMILES string of the molecule is Cc1nnc(SCC2=C(C(=O)O)N3C(=O)C(NC(=O)C(=CC(=O)O)c4csc(N)n4)[C@@H]3SC2)s1. The molecule has 0 spiro atoms. The van der Waals surface area contributed by atoms with Crippen molar-refractivity contribution < 1.29 is 29.4 Å². The Morgan fingerprint density at radius 3 is 2.71 bits per heavy atom. The van der Waals surface area contributed by atoms with Crippen LogP contribution in [-0.2, 0) is 19.2 Å². The summed E-state index contributed by atoms with van der Waals surface area (Å²) < 4.78 is 0.697. The second kappa shape index (κ2) is 9.73. The number of fused-ring (bicyclic) bond motifs is 1. The van der Waals surface area contributed by atoms with Crippen molar-refractivity contribution in [1.82, 2.24) is 25.4 Å². The lowest BCUT2D eigenvalue weighted by molar-refractivity contribution is -0.150. The monoisotopic (exact) mass is 540 g/mol. The molecule has 2 aromatic rings. The highest BCUT2D eigenvalue weighted by atomic mass is 32.2. The van der Waals surface area contributed by atoms with Crippen molar-refractivity contribution in [3.8, 4) is 0 Å². The van der Waals surface area contributed by atoms with E-state index in [2.05, 4.69) is 20.5 Å². The van der Waals surface area contributed by atoms with Crippen molar-refractivity contribution in [2.75, 3.05) is 17.2 Å².